The third-order valence-electron chi connectivity index (χ3n) is 5.54. The van der Waals surface area contributed by atoms with Crippen molar-refractivity contribution in [3.8, 4) is 5.75 Å². The highest BCUT2D eigenvalue weighted by molar-refractivity contribution is 8.02. The first-order chi connectivity index (χ1) is 16.5. The molecule has 194 valence electrons. The highest BCUT2D eigenvalue weighted by Gasteiger charge is 2.43. The summed E-state index contributed by atoms with van der Waals surface area (Å²) in [6.07, 6.45) is 1.18. The van der Waals surface area contributed by atoms with Gasteiger partial charge in [-0.05, 0) is 47.2 Å². The van der Waals surface area contributed by atoms with Crippen LogP contribution in [0.3, 0.4) is 0 Å². The number of nitrogens with two attached hydrogens (primary N) is 1. The second kappa shape index (κ2) is 11.2. The number of fused-ring (bicyclic) bond motifs is 1. The van der Waals surface area contributed by atoms with E-state index >= 15 is 0 Å². The van der Waals surface area contributed by atoms with Crippen molar-refractivity contribution in [3.05, 3.63) is 46.4 Å². The van der Waals surface area contributed by atoms with Crippen molar-refractivity contribution in [1.29, 1.82) is 0 Å². The van der Waals surface area contributed by atoms with Gasteiger partial charge in [0, 0.05) is 45.2 Å². The van der Waals surface area contributed by atoms with E-state index in [0.29, 0.717) is 24.2 Å². The highest BCUT2D eigenvalue weighted by Crippen LogP contribution is 2.43. The second-order valence-corrected chi connectivity index (χ2v) is 14.1. The van der Waals surface area contributed by atoms with Crippen LogP contribution in [0.5, 0.6) is 5.75 Å². The predicted molar refractivity (Wildman–Crippen MR) is 135 cm³/mol. The Labute approximate surface area is 209 Å². The van der Waals surface area contributed by atoms with Gasteiger partial charge in [0.1, 0.15) is 16.5 Å². The van der Waals surface area contributed by atoms with E-state index in [1.54, 1.807) is 31.2 Å². The summed E-state index contributed by atoms with van der Waals surface area (Å²) in [6.45, 7) is 2.60. The number of thiophene rings is 1. The van der Waals surface area contributed by atoms with Gasteiger partial charge in [0.2, 0.25) is 0 Å². The van der Waals surface area contributed by atoms with E-state index in [2.05, 4.69) is 5.18 Å². The highest BCUT2D eigenvalue weighted by atomic mass is 32.3. The number of rotatable bonds is 10. The predicted octanol–water partition coefficient (Wildman–Crippen LogP) is 2.50. The molecule has 0 saturated carbocycles. The van der Waals surface area contributed by atoms with Crippen LogP contribution in [-0.4, -0.2) is 67.5 Å². The van der Waals surface area contributed by atoms with E-state index in [0.717, 1.165) is 11.3 Å². The van der Waals surface area contributed by atoms with E-state index in [-0.39, 0.29) is 40.3 Å². The van der Waals surface area contributed by atoms with Gasteiger partial charge in [-0.3, -0.25) is 14.2 Å². The summed E-state index contributed by atoms with van der Waals surface area (Å²) >= 11 is 0.884. The van der Waals surface area contributed by atoms with Gasteiger partial charge in [0.25, 0.3) is 10.0 Å². The van der Waals surface area contributed by atoms with Crippen LogP contribution in [0.15, 0.2) is 43.9 Å². The number of amides is 1. The van der Waals surface area contributed by atoms with E-state index in [1.807, 2.05) is 0 Å². The largest absolute Gasteiger partial charge is 0.415 e. The van der Waals surface area contributed by atoms with Crippen LogP contribution < -0.4 is 9.88 Å². The quantitative estimate of drug-likeness (QED) is 0.264. The number of methoxy groups -OCH3 is 1. The molecule has 0 saturated heterocycles. The molecule has 0 aliphatic carbocycles. The normalized spacial score (nSPS) is 18.0. The fourth-order valence-electron chi connectivity index (χ4n) is 3.77. The molecular formula is C21H30N4O7S3. The molecule has 1 aliphatic heterocycles. The van der Waals surface area contributed by atoms with Crippen molar-refractivity contribution >= 4 is 37.6 Å². The molecule has 1 atom stereocenters. The fourth-order valence-corrected chi connectivity index (χ4v) is 8.48. The molecule has 3 rings (SSSR count). The lowest BCUT2D eigenvalue weighted by Crippen LogP contribution is -2.47. The number of ether oxygens (including phenoxy) is 2. The van der Waals surface area contributed by atoms with Gasteiger partial charge in [-0.15, -0.1) is 11.3 Å². The average molecular weight is 547 g/mol. The first-order valence-electron chi connectivity index (χ1n) is 10.9. The smallest absolute Gasteiger partial charge is 0.410 e. The SMILES string of the molecule is CCN(C(=O)Oc1ccc(CN=O)cc1)[C@H]1CN(CCCOC)S(=O)(=O)c2sc([SH](C)(N)=O)cc21. The molecular weight excluding hydrogens is 516 g/mol. The monoisotopic (exact) mass is 546 g/mol. The molecule has 0 spiro atoms. The lowest BCUT2D eigenvalue weighted by Gasteiger charge is -2.37. The number of nitrogens with zero attached hydrogens (tertiary/aromatic N) is 3. The maximum Gasteiger partial charge on any atom is 0.415 e. The lowest BCUT2D eigenvalue weighted by molar-refractivity contribution is 0.121. The number of hydrogen-bond acceptors (Lipinski definition) is 9. The Hall–Kier alpha value is -2.23. The van der Waals surface area contributed by atoms with Crippen LogP contribution in [0.4, 0.5) is 4.79 Å². The van der Waals surface area contributed by atoms with Gasteiger partial charge in [0.15, 0.2) is 0 Å². The van der Waals surface area contributed by atoms with Crippen LogP contribution in [0, 0.1) is 4.91 Å². The molecule has 1 aromatic carbocycles. The molecule has 0 bridgehead atoms. The zero-order valence-corrected chi connectivity index (χ0v) is 22.3. The van der Waals surface area contributed by atoms with Gasteiger partial charge in [-0.25, -0.2) is 13.2 Å². The van der Waals surface area contributed by atoms with E-state index in [4.69, 9.17) is 14.6 Å². The number of carbonyl (C=O) groups is 1. The molecule has 0 fully saturated rings. The summed E-state index contributed by atoms with van der Waals surface area (Å²) in [5.41, 5.74) is 1.06. The topological polar surface area (TPSA) is 149 Å². The Morgan fingerprint density at radius 2 is 2.03 bits per heavy atom. The summed E-state index contributed by atoms with van der Waals surface area (Å²) < 4.78 is 51.5. The molecule has 1 aromatic heterocycles. The summed E-state index contributed by atoms with van der Waals surface area (Å²) in [5.74, 6) is 0.273. The minimum absolute atomic E-state index is 0.0104. The zero-order chi connectivity index (χ0) is 25.8. The standard InChI is InChI=1S/C21H30N4O7S3/c1-4-25(21(26)32-16-8-6-15(7-9-16)13-23-27)18-14-24(10-5-11-31-2)35(29,30)20-17(18)12-19(33-20)34(3,22)28/h6-9,12,18,34H,4-5,10-11,13-14H2,1-3H3,(H2,22,28)/t18-/m0/s1. The minimum atomic E-state index is -3.87. The number of sulfonamides is 1. The molecule has 35 heavy (non-hydrogen) atoms. The number of hydrogen-bond donors (Lipinski definition) is 2. The van der Waals surface area contributed by atoms with E-state index in [1.165, 1.54) is 28.6 Å². The molecule has 2 N–H and O–H groups in total. The zero-order valence-electron chi connectivity index (χ0n) is 19.7. The molecule has 1 aliphatic rings. The molecule has 2 aromatic rings. The Bertz CT molecular complexity index is 1210. The number of thiol groups is 1. The Balaban J connectivity index is 1.96. The Morgan fingerprint density at radius 1 is 1.34 bits per heavy atom. The second-order valence-electron chi connectivity index (χ2n) is 8.13. The van der Waals surface area contributed by atoms with Crippen molar-refractivity contribution in [2.24, 2.45) is 10.3 Å². The van der Waals surface area contributed by atoms with E-state index < -0.39 is 32.3 Å². The summed E-state index contributed by atoms with van der Waals surface area (Å²) in [7, 11) is -5.56. The number of carbonyl (C=O) groups excluding carboxylic acids is 1. The van der Waals surface area contributed by atoms with Gasteiger partial charge in [-0.2, -0.15) is 9.21 Å². The molecule has 0 unspecified atom stereocenters. The molecule has 0 radical (unpaired) electrons. The first-order valence-corrected chi connectivity index (χ1v) is 15.4. The number of likely N-dealkylation sites (N-methyl/N-ethyl adjacent to an activating group) is 1. The minimum Gasteiger partial charge on any atom is -0.410 e. The molecule has 1 amide bonds. The summed E-state index contributed by atoms with van der Waals surface area (Å²) in [5, 5.41) is 8.68. The Kier molecular flexibility index (Phi) is 8.77. The van der Waals surface area contributed by atoms with Gasteiger partial charge in [-0.1, -0.05) is 17.3 Å². The van der Waals surface area contributed by atoms with Gasteiger partial charge < -0.3 is 9.47 Å². The fraction of sp³-hybridized carbons (Fsp3) is 0.476. The van der Waals surface area contributed by atoms with Crippen LogP contribution in [0.1, 0.15) is 30.5 Å². The average Bonchev–Trinajstić information content (AvgIpc) is 3.26. The van der Waals surface area contributed by atoms with E-state index in [9.17, 15) is 22.3 Å². The van der Waals surface area contributed by atoms with Crippen LogP contribution in [-0.2, 0) is 31.4 Å². The molecule has 2 heterocycles. The van der Waals surface area contributed by atoms with Crippen LogP contribution >= 0.6 is 11.3 Å². The number of benzene rings is 1. The first kappa shape index (κ1) is 27.4. The molecule has 14 heteroatoms. The van der Waals surface area contributed by atoms with Gasteiger partial charge >= 0.3 is 6.09 Å². The van der Waals surface area contributed by atoms with Crippen LogP contribution in [0.25, 0.3) is 0 Å². The third-order valence-corrected chi connectivity index (χ3v) is 11.3. The van der Waals surface area contributed by atoms with Gasteiger partial charge in [0.05, 0.1) is 10.3 Å². The Morgan fingerprint density at radius 3 is 2.60 bits per heavy atom. The van der Waals surface area contributed by atoms with Crippen molar-refractivity contribution in [3.63, 3.8) is 0 Å². The maximum atomic E-state index is 13.3. The molecule has 11 nitrogen and oxygen atoms in total. The van der Waals surface area contributed by atoms with Crippen molar-refractivity contribution in [2.45, 2.75) is 34.3 Å². The third kappa shape index (κ3) is 6.13. The maximum absolute atomic E-state index is 13.3. The lowest BCUT2D eigenvalue weighted by atomic mass is 10.1. The summed E-state index contributed by atoms with van der Waals surface area (Å²) in [4.78, 5) is 25.0. The van der Waals surface area contributed by atoms with Crippen molar-refractivity contribution in [2.75, 3.05) is 39.6 Å². The van der Waals surface area contributed by atoms with Crippen molar-refractivity contribution < 1.29 is 26.9 Å². The van der Waals surface area contributed by atoms with Crippen LogP contribution in [0.2, 0.25) is 0 Å². The number of nitroso groups, excluding NO2 is 1. The summed E-state index contributed by atoms with van der Waals surface area (Å²) in [6, 6.07) is 7.26. The van der Waals surface area contributed by atoms with Crippen molar-refractivity contribution in [1.82, 2.24) is 9.21 Å².